The summed E-state index contributed by atoms with van der Waals surface area (Å²) in [6.45, 7) is 1.78. The Morgan fingerprint density at radius 2 is 2.00 bits per heavy atom. The lowest BCUT2D eigenvalue weighted by atomic mass is 10.1. The highest BCUT2D eigenvalue weighted by molar-refractivity contribution is 9.10. The molecule has 1 aliphatic rings. The van der Waals surface area contributed by atoms with E-state index in [-0.39, 0.29) is 24.8 Å². The topological polar surface area (TPSA) is 83.4 Å². The molecule has 0 spiro atoms. The molecule has 0 aromatic heterocycles. The van der Waals surface area contributed by atoms with Crippen LogP contribution in [0.3, 0.4) is 0 Å². The van der Waals surface area contributed by atoms with E-state index in [1.165, 1.54) is 7.11 Å². The summed E-state index contributed by atoms with van der Waals surface area (Å²) >= 11 is 3.42. The van der Waals surface area contributed by atoms with Crippen LogP contribution in [0.15, 0.2) is 57.6 Å². The van der Waals surface area contributed by atoms with Crippen LogP contribution in [-0.2, 0) is 19.1 Å². The predicted octanol–water partition coefficient (Wildman–Crippen LogP) is 3.74. The van der Waals surface area contributed by atoms with Gasteiger partial charge in [-0.05, 0) is 58.8 Å². The number of hydrogen-bond donors (Lipinski definition) is 0. The lowest BCUT2D eigenvalue weighted by molar-refractivity contribution is -0.145. The highest BCUT2D eigenvalue weighted by Gasteiger charge is 2.25. The zero-order valence-electron chi connectivity index (χ0n) is 15.8. The van der Waals surface area contributed by atoms with Crippen molar-refractivity contribution in [3.63, 3.8) is 0 Å². The molecule has 0 fully saturated rings. The number of ether oxygens (including phenoxy) is 4. The predicted molar refractivity (Wildman–Crippen MR) is 110 cm³/mol. The van der Waals surface area contributed by atoms with Gasteiger partial charge >= 0.3 is 11.9 Å². The molecule has 7 nitrogen and oxygen atoms in total. The van der Waals surface area contributed by atoms with Gasteiger partial charge in [0.25, 0.3) is 0 Å². The number of benzene rings is 2. The Hall–Kier alpha value is -3.13. The Morgan fingerprint density at radius 1 is 1.21 bits per heavy atom. The molecule has 1 aliphatic heterocycles. The number of cyclic esters (lactones) is 1. The van der Waals surface area contributed by atoms with Crippen molar-refractivity contribution >= 4 is 39.8 Å². The van der Waals surface area contributed by atoms with Crippen molar-refractivity contribution in [1.29, 1.82) is 0 Å². The second-order valence-electron chi connectivity index (χ2n) is 5.82. The molecule has 3 rings (SSSR count). The molecule has 0 saturated carbocycles. The van der Waals surface area contributed by atoms with Crippen molar-refractivity contribution in [3.05, 3.63) is 63.8 Å². The number of aliphatic imine (C=N–C) groups is 1. The van der Waals surface area contributed by atoms with E-state index in [1.807, 2.05) is 18.2 Å². The highest BCUT2D eigenvalue weighted by atomic mass is 79.9. The van der Waals surface area contributed by atoms with Crippen molar-refractivity contribution in [3.8, 4) is 11.5 Å². The maximum Gasteiger partial charge on any atom is 0.363 e. The van der Waals surface area contributed by atoms with E-state index in [0.717, 1.165) is 4.47 Å². The van der Waals surface area contributed by atoms with Gasteiger partial charge in [0.1, 0.15) is 0 Å². The molecular formula is C21H18BrNO6. The van der Waals surface area contributed by atoms with Crippen molar-refractivity contribution in [1.82, 2.24) is 0 Å². The zero-order valence-corrected chi connectivity index (χ0v) is 17.4. The van der Waals surface area contributed by atoms with Crippen molar-refractivity contribution < 1.29 is 28.5 Å². The molecule has 2 aromatic rings. The summed E-state index contributed by atoms with van der Waals surface area (Å²) in [6, 6.07) is 12.4. The van der Waals surface area contributed by atoms with Gasteiger partial charge in [0.05, 0.1) is 19.3 Å². The second kappa shape index (κ2) is 9.38. The molecule has 0 radical (unpaired) electrons. The van der Waals surface area contributed by atoms with Crippen LogP contribution < -0.4 is 9.47 Å². The normalized spacial score (nSPS) is 14.4. The first-order valence-corrected chi connectivity index (χ1v) is 9.55. The van der Waals surface area contributed by atoms with Gasteiger partial charge in [-0.1, -0.05) is 18.2 Å². The first-order chi connectivity index (χ1) is 14.0. The summed E-state index contributed by atoms with van der Waals surface area (Å²) < 4.78 is 21.6. The van der Waals surface area contributed by atoms with Crippen LogP contribution in [0.4, 0.5) is 0 Å². The zero-order chi connectivity index (χ0) is 20.8. The smallest absolute Gasteiger partial charge is 0.363 e. The number of rotatable bonds is 7. The quantitative estimate of drug-likeness (QED) is 0.463. The van der Waals surface area contributed by atoms with E-state index in [9.17, 15) is 9.59 Å². The fraction of sp³-hybridized carbons (Fsp3) is 0.190. The summed E-state index contributed by atoms with van der Waals surface area (Å²) in [6.07, 6.45) is 1.59. The summed E-state index contributed by atoms with van der Waals surface area (Å²) in [5, 5.41) is 0. The van der Waals surface area contributed by atoms with E-state index >= 15 is 0 Å². The van der Waals surface area contributed by atoms with Crippen LogP contribution >= 0.6 is 15.9 Å². The number of halogens is 1. The summed E-state index contributed by atoms with van der Waals surface area (Å²) in [4.78, 5) is 28.0. The maximum atomic E-state index is 12.2. The molecule has 150 valence electrons. The van der Waals surface area contributed by atoms with Gasteiger partial charge in [-0.25, -0.2) is 14.6 Å². The Kier molecular flexibility index (Phi) is 6.66. The minimum Gasteiger partial charge on any atom is -0.493 e. The van der Waals surface area contributed by atoms with Crippen LogP contribution in [0, 0.1) is 0 Å². The molecule has 29 heavy (non-hydrogen) atoms. The Balaban J connectivity index is 1.81. The number of methoxy groups -OCH3 is 1. The number of carbonyl (C=O) groups is 2. The summed E-state index contributed by atoms with van der Waals surface area (Å²) in [5.74, 6) is 0.00922. The molecule has 0 bridgehead atoms. The third-order valence-electron chi connectivity index (χ3n) is 3.87. The molecule has 0 N–H and O–H groups in total. The third-order valence-corrected chi connectivity index (χ3v) is 4.56. The first-order valence-electron chi connectivity index (χ1n) is 8.75. The summed E-state index contributed by atoms with van der Waals surface area (Å²) in [5.41, 5.74) is 1.51. The van der Waals surface area contributed by atoms with Gasteiger partial charge in [0.2, 0.25) is 5.90 Å². The maximum absolute atomic E-state index is 12.2. The number of carbonyl (C=O) groups excluding carboxylic acids is 2. The highest BCUT2D eigenvalue weighted by Crippen LogP contribution is 2.30. The Morgan fingerprint density at radius 3 is 2.72 bits per heavy atom. The lowest BCUT2D eigenvalue weighted by Gasteiger charge is -2.10. The standard InChI is InChI=1S/C21H18BrNO6/c1-3-27-19(24)12-28-17-9-8-13(11-18(17)26-2)10-16-21(25)29-20(23-16)14-6-4-5-7-15(14)22/h4-11H,3,12H2,1-2H3/b16-10-. The summed E-state index contributed by atoms with van der Waals surface area (Å²) in [7, 11) is 1.48. The second-order valence-corrected chi connectivity index (χ2v) is 6.67. The van der Waals surface area contributed by atoms with E-state index in [2.05, 4.69) is 20.9 Å². The lowest BCUT2D eigenvalue weighted by Crippen LogP contribution is -2.14. The van der Waals surface area contributed by atoms with Gasteiger partial charge in [-0.2, -0.15) is 0 Å². The van der Waals surface area contributed by atoms with Crippen LogP contribution in [0.5, 0.6) is 11.5 Å². The molecule has 8 heteroatoms. The Bertz CT molecular complexity index is 998. The Labute approximate surface area is 176 Å². The molecular weight excluding hydrogens is 442 g/mol. The number of esters is 2. The van der Waals surface area contributed by atoms with Gasteiger partial charge in [-0.3, -0.25) is 0 Å². The average Bonchev–Trinajstić information content (AvgIpc) is 3.07. The molecule has 0 aliphatic carbocycles. The van der Waals surface area contributed by atoms with Gasteiger partial charge < -0.3 is 18.9 Å². The SMILES string of the molecule is CCOC(=O)COc1ccc(/C=C2\N=C(c3ccccc3Br)OC2=O)cc1OC. The van der Waals surface area contributed by atoms with Gasteiger partial charge in [0, 0.05) is 4.47 Å². The number of nitrogens with zero attached hydrogens (tertiary/aromatic N) is 1. The van der Waals surface area contributed by atoms with Crippen LogP contribution in [-0.4, -0.2) is 38.2 Å². The van der Waals surface area contributed by atoms with E-state index in [1.54, 1.807) is 37.3 Å². The average molecular weight is 460 g/mol. The van der Waals surface area contributed by atoms with E-state index in [0.29, 0.717) is 22.6 Å². The van der Waals surface area contributed by atoms with Crippen LogP contribution in [0.2, 0.25) is 0 Å². The van der Waals surface area contributed by atoms with Crippen molar-refractivity contribution in [2.75, 3.05) is 20.3 Å². The van der Waals surface area contributed by atoms with Crippen LogP contribution in [0.1, 0.15) is 18.1 Å². The molecule has 0 amide bonds. The first kappa shape index (κ1) is 20.6. The molecule has 1 heterocycles. The van der Waals surface area contributed by atoms with E-state index in [4.69, 9.17) is 18.9 Å². The fourth-order valence-corrected chi connectivity index (χ4v) is 3.00. The molecule has 0 unspecified atom stereocenters. The van der Waals surface area contributed by atoms with Crippen molar-refractivity contribution in [2.45, 2.75) is 6.92 Å². The number of hydrogen-bond acceptors (Lipinski definition) is 7. The van der Waals surface area contributed by atoms with Crippen LogP contribution in [0.25, 0.3) is 6.08 Å². The van der Waals surface area contributed by atoms with Crippen molar-refractivity contribution in [2.24, 2.45) is 4.99 Å². The molecule has 2 aromatic carbocycles. The molecule has 0 atom stereocenters. The minimum atomic E-state index is -0.544. The largest absolute Gasteiger partial charge is 0.493 e. The van der Waals surface area contributed by atoms with Gasteiger partial charge in [-0.15, -0.1) is 0 Å². The minimum absolute atomic E-state index is 0.165. The van der Waals surface area contributed by atoms with E-state index < -0.39 is 11.9 Å². The van der Waals surface area contributed by atoms with Gasteiger partial charge in [0.15, 0.2) is 23.8 Å². The molecule has 0 saturated heterocycles. The monoisotopic (exact) mass is 459 g/mol. The third kappa shape index (κ3) is 5.03. The fourth-order valence-electron chi connectivity index (χ4n) is 2.55.